The fourth-order valence-electron chi connectivity index (χ4n) is 3.99. The Bertz CT molecular complexity index is 1040. The van der Waals surface area contributed by atoms with Gasteiger partial charge in [0.25, 0.3) is 0 Å². The quantitative estimate of drug-likeness (QED) is 0.296. The van der Waals surface area contributed by atoms with Gasteiger partial charge in [-0.2, -0.15) is 0 Å². The normalized spacial score (nSPS) is 12.1. The molecule has 6 nitrogen and oxygen atoms in total. The van der Waals surface area contributed by atoms with Crippen LogP contribution in [0.1, 0.15) is 58.9 Å². The zero-order valence-corrected chi connectivity index (χ0v) is 21.5. The second kappa shape index (κ2) is 12.7. The van der Waals surface area contributed by atoms with Crippen molar-refractivity contribution in [1.29, 1.82) is 0 Å². The second-order valence-electron chi connectivity index (χ2n) is 9.50. The molecule has 0 saturated heterocycles. The Balaban J connectivity index is 2.53. The van der Waals surface area contributed by atoms with E-state index in [4.69, 9.17) is 11.6 Å². The summed E-state index contributed by atoms with van der Waals surface area (Å²) in [6, 6.07) is 6.05. The molecule has 0 aromatic heterocycles. The first-order valence-corrected chi connectivity index (χ1v) is 12.1. The lowest BCUT2D eigenvalue weighted by molar-refractivity contribution is -0.137. The molecule has 9 heteroatoms. The van der Waals surface area contributed by atoms with Crippen LogP contribution in [-0.4, -0.2) is 30.2 Å². The minimum Gasteiger partial charge on any atom is -0.481 e. The molecule has 0 spiro atoms. The number of hydrogen-bond acceptors (Lipinski definition) is 3. The van der Waals surface area contributed by atoms with Crippen molar-refractivity contribution in [2.75, 3.05) is 28.6 Å². The van der Waals surface area contributed by atoms with Crippen molar-refractivity contribution in [3.63, 3.8) is 0 Å². The van der Waals surface area contributed by atoms with Gasteiger partial charge in [0, 0.05) is 18.1 Å². The molecule has 1 atom stereocenters. The van der Waals surface area contributed by atoms with E-state index in [0.29, 0.717) is 25.1 Å². The maximum atomic E-state index is 15.6. The summed E-state index contributed by atoms with van der Waals surface area (Å²) < 4.78 is 29.8. The largest absolute Gasteiger partial charge is 0.481 e. The van der Waals surface area contributed by atoms with Crippen molar-refractivity contribution >= 4 is 40.7 Å². The van der Waals surface area contributed by atoms with Crippen molar-refractivity contribution in [2.45, 2.75) is 53.4 Å². The highest BCUT2D eigenvalue weighted by Crippen LogP contribution is 2.36. The van der Waals surface area contributed by atoms with Gasteiger partial charge in [-0.1, -0.05) is 46.2 Å². The fourth-order valence-corrected chi connectivity index (χ4v) is 4.15. The van der Waals surface area contributed by atoms with E-state index in [2.05, 4.69) is 10.6 Å². The average Bonchev–Trinajstić information content (AvgIpc) is 2.72. The van der Waals surface area contributed by atoms with Gasteiger partial charge >= 0.3 is 12.0 Å². The molecule has 35 heavy (non-hydrogen) atoms. The van der Waals surface area contributed by atoms with Crippen molar-refractivity contribution in [2.24, 2.45) is 11.8 Å². The van der Waals surface area contributed by atoms with Crippen molar-refractivity contribution in [3.05, 3.63) is 52.6 Å². The number of carboxylic acid groups (broad SMARTS) is 1. The number of carboxylic acids is 1. The van der Waals surface area contributed by atoms with Gasteiger partial charge in [-0.05, 0) is 60.1 Å². The van der Waals surface area contributed by atoms with Gasteiger partial charge in [0.2, 0.25) is 0 Å². The van der Waals surface area contributed by atoms with Crippen LogP contribution in [0.4, 0.5) is 30.6 Å². The summed E-state index contributed by atoms with van der Waals surface area (Å²) in [6.07, 6.45) is 0.313. The lowest BCUT2D eigenvalue weighted by atomic mass is 9.92. The molecule has 0 heterocycles. The summed E-state index contributed by atoms with van der Waals surface area (Å²) in [4.78, 5) is 26.0. The third-order valence-corrected chi connectivity index (χ3v) is 5.62. The predicted octanol–water partition coefficient (Wildman–Crippen LogP) is 7.35. The molecule has 192 valence electrons. The number of benzene rings is 2. The number of carbonyl (C=O) groups is 2. The van der Waals surface area contributed by atoms with Crippen LogP contribution >= 0.6 is 11.6 Å². The summed E-state index contributed by atoms with van der Waals surface area (Å²) in [5.41, 5.74) is 0.798. The number of nitrogens with zero attached hydrogens (tertiary/aromatic N) is 1. The van der Waals surface area contributed by atoms with Crippen LogP contribution in [0.15, 0.2) is 30.3 Å². The number of nitrogens with one attached hydrogen (secondary N) is 2. The Morgan fingerprint density at radius 2 is 1.57 bits per heavy atom. The van der Waals surface area contributed by atoms with E-state index in [1.165, 1.54) is 18.2 Å². The first-order valence-electron chi connectivity index (χ1n) is 11.7. The molecule has 0 radical (unpaired) electrons. The van der Waals surface area contributed by atoms with E-state index in [9.17, 15) is 19.1 Å². The molecular formula is C26H34ClF2N3O3. The molecule has 0 saturated carbocycles. The van der Waals surface area contributed by atoms with Gasteiger partial charge in [-0.15, -0.1) is 0 Å². The van der Waals surface area contributed by atoms with E-state index in [0.717, 1.165) is 6.07 Å². The molecule has 0 aliphatic heterocycles. The topological polar surface area (TPSA) is 81.7 Å². The number of anilines is 3. The van der Waals surface area contributed by atoms with Crippen molar-refractivity contribution in [3.8, 4) is 0 Å². The smallest absolute Gasteiger partial charge is 0.323 e. The van der Waals surface area contributed by atoms with Crippen LogP contribution in [0, 0.1) is 23.5 Å². The number of amides is 2. The van der Waals surface area contributed by atoms with E-state index in [-0.39, 0.29) is 40.3 Å². The van der Waals surface area contributed by atoms with Gasteiger partial charge < -0.3 is 20.6 Å². The number of halogens is 3. The second-order valence-corrected chi connectivity index (χ2v) is 9.93. The highest BCUT2D eigenvalue weighted by atomic mass is 35.5. The molecule has 1 unspecified atom stereocenters. The van der Waals surface area contributed by atoms with Crippen LogP contribution < -0.4 is 15.5 Å². The first kappa shape index (κ1) is 28.4. The Morgan fingerprint density at radius 3 is 2.09 bits per heavy atom. The molecule has 0 aliphatic rings. The minimum atomic E-state index is -0.993. The van der Waals surface area contributed by atoms with E-state index in [1.807, 2.05) is 39.5 Å². The summed E-state index contributed by atoms with van der Waals surface area (Å²) in [6.45, 7) is 11.0. The maximum Gasteiger partial charge on any atom is 0.323 e. The third kappa shape index (κ3) is 8.38. The van der Waals surface area contributed by atoms with Crippen molar-refractivity contribution < 1.29 is 23.5 Å². The first-order chi connectivity index (χ1) is 16.4. The standard InChI is InChI=1S/C26H34ClF2N3O3/c1-6-17(11-24(33)34)18-9-21(29)25(32(13-15(2)3)14-16(4)5)23(10-18)31-26(35)30-22-8-7-19(27)12-20(22)28/h7-10,12,15-17H,6,11,13-14H2,1-5H3,(H,33,34)(H2,30,31,35). The van der Waals surface area contributed by atoms with E-state index >= 15 is 4.39 Å². The Labute approximate surface area is 210 Å². The summed E-state index contributed by atoms with van der Waals surface area (Å²) >= 11 is 5.78. The van der Waals surface area contributed by atoms with Crippen LogP contribution in [0.25, 0.3) is 0 Å². The molecule has 2 aromatic carbocycles. The summed E-state index contributed by atoms with van der Waals surface area (Å²) in [7, 11) is 0. The minimum absolute atomic E-state index is 0.0800. The zero-order valence-electron chi connectivity index (χ0n) is 20.8. The SMILES string of the molecule is CCC(CC(=O)O)c1cc(F)c(N(CC(C)C)CC(C)C)c(NC(=O)Nc2ccc(Cl)cc2F)c1. The Morgan fingerprint density at radius 1 is 0.971 bits per heavy atom. The van der Waals surface area contributed by atoms with Crippen LogP contribution in [0.5, 0.6) is 0 Å². The molecule has 2 aromatic rings. The zero-order chi connectivity index (χ0) is 26.3. The van der Waals surface area contributed by atoms with Gasteiger partial charge in [-0.25, -0.2) is 13.6 Å². The Kier molecular flexibility index (Phi) is 10.3. The molecule has 0 fully saturated rings. The highest BCUT2D eigenvalue weighted by molar-refractivity contribution is 6.30. The number of aliphatic carboxylic acids is 1. The average molecular weight is 510 g/mol. The number of carbonyl (C=O) groups excluding carboxylic acids is 1. The molecular weight excluding hydrogens is 476 g/mol. The van der Waals surface area contributed by atoms with Gasteiger partial charge in [-0.3, -0.25) is 4.79 Å². The molecule has 2 amide bonds. The summed E-state index contributed by atoms with van der Waals surface area (Å²) in [5.74, 6) is -2.26. The molecule has 2 rings (SSSR count). The lowest BCUT2D eigenvalue weighted by Crippen LogP contribution is -2.33. The molecule has 0 bridgehead atoms. The van der Waals surface area contributed by atoms with Gasteiger partial charge in [0.15, 0.2) is 0 Å². The van der Waals surface area contributed by atoms with Crippen LogP contribution in [0.2, 0.25) is 5.02 Å². The van der Waals surface area contributed by atoms with Crippen LogP contribution in [0.3, 0.4) is 0 Å². The lowest BCUT2D eigenvalue weighted by Gasteiger charge is -2.31. The number of urea groups is 1. The van der Waals surface area contributed by atoms with Gasteiger partial charge in [0.1, 0.15) is 11.6 Å². The molecule has 0 aliphatic carbocycles. The monoisotopic (exact) mass is 509 g/mol. The van der Waals surface area contributed by atoms with Gasteiger partial charge in [0.05, 0.1) is 23.5 Å². The van der Waals surface area contributed by atoms with Crippen molar-refractivity contribution in [1.82, 2.24) is 0 Å². The number of hydrogen-bond donors (Lipinski definition) is 3. The maximum absolute atomic E-state index is 15.6. The number of rotatable bonds is 11. The van der Waals surface area contributed by atoms with Crippen LogP contribution in [-0.2, 0) is 4.79 Å². The summed E-state index contributed by atoms with van der Waals surface area (Å²) in [5, 5.41) is 14.6. The van der Waals surface area contributed by atoms with E-state index < -0.39 is 29.6 Å². The Hall–Kier alpha value is -2.87. The predicted molar refractivity (Wildman–Crippen MR) is 138 cm³/mol. The highest BCUT2D eigenvalue weighted by Gasteiger charge is 2.24. The third-order valence-electron chi connectivity index (χ3n) is 5.39. The fraction of sp³-hybridized carbons (Fsp3) is 0.462. The van der Waals surface area contributed by atoms with E-state index in [1.54, 1.807) is 6.07 Å². The molecule has 3 N–H and O–H groups in total.